The topological polar surface area (TPSA) is 13.1 Å². The van der Waals surface area contributed by atoms with Crippen molar-refractivity contribution in [3.63, 3.8) is 0 Å². The number of furan rings is 1. The summed E-state index contributed by atoms with van der Waals surface area (Å²) in [6.07, 6.45) is 1.73. The van der Waals surface area contributed by atoms with Crippen LogP contribution in [0.2, 0.25) is 0 Å². The highest BCUT2D eigenvalue weighted by atomic mass is 16.3. The smallest absolute Gasteiger partial charge is 0.134 e. The van der Waals surface area contributed by atoms with Crippen molar-refractivity contribution in [3.05, 3.63) is 47.7 Å². The van der Waals surface area contributed by atoms with Gasteiger partial charge in [-0.1, -0.05) is 45.9 Å². The molecule has 90 valence electrons. The highest BCUT2D eigenvalue weighted by Gasteiger charge is 2.12. The van der Waals surface area contributed by atoms with E-state index >= 15 is 0 Å². The molecule has 2 rings (SSSR count). The molecule has 1 aromatic carbocycles. The summed E-state index contributed by atoms with van der Waals surface area (Å²) in [5.74, 6) is 2.04. The van der Waals surface area contributed by atoms with E-state index in [-0.39, 0.29) is 0 Å². The Bertz CT molecular complexity index is 478. The first-order chi connectivity index (χ1) is 8.09. The van der Waals surface area contributed by atoms with E-state index in [2.05, 4.69) is 45.9 Å². The third-order valence-electron chi connectivity index (χ3n) is 3.15. The lowest BCUT2D eigenvalue weighted by Gasteiger charge is -2.15. The minimum atomic E-state index is 0.508. The van der Waals surface area contributed by atoms with Gasteiger partial charge in [0.15, 0.2) is 0 Å². The second-order valence-corrected chi connectivity index (χ2v) is 5.13. The van der Waals surface area contributed by atoms with Gasteiger partial charge in [0.25, 0.3) is 0 Å². The van der Waals surface area contributed by atoms with E-state index in [9.17, 15) is 0 Å². The molecule has 0 radical (unpaired) electrons. The summed E-state index contributed by atoms with van der Waals surface area (Å²) >= 11 is 0. The molecule has 0 unspecified atom stereocenters. The molecule has 0 aliphatic carbocycles. The van der Waals surface area contributed by atoms with Crippen molar-refractivity contribution in [3.8, 4) is 11.3 Å². The maximum absolute atomic E-state index is 5.51. The van der Waals surface area contributed by atoms with Crippen LogP contribution in [0.25, 0.3) is 11.3 Å². The van der Waals surface area contributed by atoms with Crippen LogP contribution in [0.3, 0.4) is 0 Å². The average Bonchev–Trinajstić information content (AvgIpc) is 2.81. The third-order valence-corrected chi connectivity index (χ3v) is 3.15. The first-order valence-electron chi connectivity index (χ1n) is 6.27. The Morgan fingerprint density at radius 2 is 1.71 bits per heavy atom. The maximum atomic E-state index is 5.51. The summed E-state index contributed by atoms with van der Waals surface area (Å²) in [6.45, 7) is 8.91. The Balaban J connectivity index is 2.53. The molecule has 2 aromatic rings. The minimum Gasteiger partial charge on any atom is -0.464 e. The van der Waals surface area contributed by atoms with Crippen LogP contribution in [0.15, 0.2) is 41.0 Å². The van der Waals surface area contributed by atoms with Crippen molar-refractivity contribution in [1.82, 2.24) is 0 Å². The SMILES string of the molecule is CC(C)c1ccc(-c2ccco2)c(C(C)C)c1. The summed E-state index contributed by atoms with van der Waals surface area (Å²) in [5.41, 5.74) is 3.98. The zero-order valence-corrected chi connectivity index (χ0v) is 11.0. The summed E-state index contributed by atoms with van der Waals surface area (Å²) in [4.78, 5) is 0. The predicted octanol–water partition coefficient (Wildman–Crippen LogP) is 5.19. The van der Waals surface area contributed by atoms with Gasteiger partial charge in [-0.25, -0.2) is 0 Å². The summed E-state index contributed by atoms with van der Waals surface area (Å²) < 4.78 is 5.51. The van der Waals surface area contributed by atoms with Crippen LogP contribution in [-0.4, -0.2) is 0 Å². The van der Waals surface area contributed by atoms with Gasteiger partial charge in [0.05, 0.1) is 6.26 Å². The average molecular weight is 228 g/mol. The van der Waals surface area contributed by atoms with E-state index in [0.717, 1.165) is 5.76 Å². The summed E-state index contributed by atoms with van der Waals surface area (Å²) in [7, 11) is 0. The van der Waals surface area contributed by atoms with Gasteiger partial charge >= 0.3 is 0 Å². The lowest BCUT2D eigenvalue weighted by molar-refractivity contribution is 0.581. The van der Waals surface area contributed by atoms with Crippen molar-refractivity contribution in [2.24, 2.45) is 0 Å². The zero-order valence-electron chi connectivity index (χ0n) is 11.0. The fraction of sp³-hybridized carbons (Fsp3) is 0.375. The monoisotopic (exact) mass is 228 g/mol. The fourth-order valence-corrected chi connectivity index (χ4v) is 2.07. The second-order valence-electron chi connectivity index (χ2n) is 5.13. The van der Waals surface area contributed by atoms with Crippen LogP contribution < -0.4 is 0 Å². The Labute approximate surface area is 103 Å². The molecule has 17 heavy (non-hydrogen) atoms. The molecule has 0 aliphatic rings. The van der Waals surface area contributed by atoms with Crippen molar-refractivity contribution >= 4 is 0 Å². The molecule has 0 aliphatic heterocycles. The lowest BCUT2D eigenvalue weighted by atomic mass is 9.91. The molecule has 0 spiro atoms. The quantitative estimate of drug-likeness (QED) is 0.704. The van der Waals surface area contributed by atoms with Gasteiger partial charge in [0.1, 0.15) is 5.76 Å². The first kappa shape index (κ1) is 12.0. The van der Waals surface area contributed by atoms with Crippen LogP contribution >= 0.6 is 0 Å². The van der Waals surface area contributed by atoms with Gasteiger partial charge in [0.2, 0.25) is 0 Å². The van der Waals surface area contributed by atoms with Crippen LogP contribution in [0.1, 0.15) is 50.7 Å². The van der Waals surface area contributed by atoms with Gasteiger partial charge in [-0.2, -0.15) is 0 Å². The Kier molecular flexibility index (Phi) is 3.37. The molecule has 0 amide bonds. The Morgan fingerprint density at radius 1 is 0.941 bits per heavy atom. The predicted molar refractivity (Wildman–Crippen MR) is 72.3 cm³/mol. The zero-order chi connectivity index (χ0) is 12.4. The molecule has 1 aromatic heterocycles. The van der Waals surface area contributed by atoms with Crippen LogP contribution in [0.4, 0.5) is 0 Å². The highest BCUT2D eigenvalue weighted by molar-refractivity contribution is 5.63. The molecule has 0 saturated carbocycles. The second kappa shape index (κ2) is 4.79. The van der Waals surface area contributed by atoms with Crippen LogP contribution in [0, 0.1) is 0 Å². The van der Waals surface area contributed by atoms with Crippen molar-refractivity contribution < 1.29 is 4.42 Å². The van der Waals surface area contributed by atoms with E-state index in [1.807, 2.05) is 12.1 Å². The molecule has 0 atom stereocenters. The molecule has 0 fully saturated rings. The Morgan fingerprint density at radius 3 is 2.24 bits per heavy atom. The lowest BCUT2D eigenvalue weighted by Crippen LogP contribution is -1.96. The summed E-state index contributed by atoms with van der Waals surface area (Å²) in [5, 5.41) is 0. The molecule has 0 bridgehead atoms. The van der Waals surface area contributed by atoms with Crippen molar-refractivity contribution in [2.45, 2.75) is 39.5 Å². The molecule has 0 saturated heterocycles. The Hall–Kier alpha value is -1.50. The van der Waals surface area contributed by atoms with Gasteiger partial charge in [0, 0.05) is 5.56 Å². The summed E-state index contributed by atoms with van der Waals surface area (Å²) in [6, 6.07) is 10.7. The van der Waals surface area contributed by atoms with Gasteiger partial charge in [-0.15, -0.1) is 0 Å². The van der Waals surface area contributed by atoms with E-state index in [1.165, 1.54) is 16.7 Å². The van der Waals surface area contributed by atoms with E-state index in [1.54, 1.807) is 6.26 Å². The highest BCUT2D eigenvalue weighted by Crippen LogP contribution is 2.32. The largest absolute Gasteiger partial charge is 0.464 e. The van der Waals surface area contributed by atoms with Crippen LogP contribution in [0.5, 0.6) is 0 Å². The number of benzene rings is 1. The maximum Gasteiger partial charge on any atom is 0.134 e. The third kappa shape index (κ3) is 2.44. The van der Waals surface area contributed by atoms with Crippen LogP contribution in [-0.2, 0) is 0 Å². The molecular weight excluding hydrogens is 208 g/mol. The molecular formula is C16H20O. The fourth-order valence-electron chi connectivity index (χ4n) is 2.07. The van der Waals surface area contributed by atoms with E-state index in [0.29, 0.717) is 11.8 Å². The van der Waals surface area contributed by atoms with E-state index in [4.69, 9.17) is 4.42 Å². The van der Waals surface area contributed by atoms with E-state index < -0.39 is 0 Å². The number of rotatable bonds is 3. The van der Waals surface area contributed by atoms with Crippen molar-refractivity contribution in [2.75, 3.05) is 0 Å². The number of hydrogen-bond donors (Lipinski definition) is 0. The standard InChI is InChI=1S/C16H20O/c1-11(2)13-7-8-14(15(10-13)12(3)4)16-6-5-9-17-16/h5-12H,1-4H3. The van der Waals surface area contributed by atoms with Gasteiger partial charge in [-0.05, 0) is 35.1 Å². The first-order valence-corrected chi connectivity index (χ1v) is 6.27. The van der Waals surface area contributed by atoms with Crippen molar-refractivity contribution in [1.29, 1.82) is 0 Å². The molecule has 1 nitrogen and oxygen atoms in total. The van der Waals surface area contributed by atoms with Gasteiger partial charge < -0.3 is 4.42 Å². The number of hydrogen-bond acceptors (Lipinski definition) is 1. The molecule has 0 N–H and O–H groups in total. The normalized spacial score (nSPS) is 11.4. The molecule has 1 heteroatoms. The molecule has 1 heterocycles. The minimum absolute atomic E-state index is 0.508. The van der Waals surface area contributed by atoms with Gasteiger partial charge in [-0.3, -0.25) is 0 Å².